The molecule has 0 aromatic heterocycles. The van der Waals surface area contributed by atoms with Crippen LogP contribution in [0.25, 0.3) is 0 Å². The molecule has 1 aliphatic heterocycles. The molecule has 1 atom stereocenters. The molecule has 0 spiro atoms. The first-order valence-corrected chi connectivity index (χ1v) is 9.15. The van der Waals surface area contributed by atoms with Crippen LogP contribution in [0.2, 0.25) is 0 Å². The monoisotopic (exact) mass is 312 g/mol. The lowest BCUT2D eigenvalue weighted by Crippen LogP contribution is -2.44. The summed E-state index contributed by atoms with van der Waals surface area (Å²) in [7, 11) is 0. The third-order valence-electron chi connectivity index (χ3n) is 4.10. The zero-order chi connectivity index (χ0) is 16.0. The van der Waals surface area contributed by atoms with Crippen molar-refractivity contribution in [3.63, 3.8) is 0 Å². The van der Waals surface area contributed by atoms with Gasteiger partial charge in [0.05, 0.1) is 13.2 Å². The number of nitrogens with one attached hydrogen (secondary N) is 2. The smallest absolute Gasteiger partial charge is 0.191 e. The third kappa shape index (κ3) is 7.99. The number of nitrogens with zero attached hydrogens (tertiary/aromatic N) is 2. The highest BCUT2D eigenvalue weighted by Gasteiger charge is 2.21. The van der Waals surface area contributed by atoms with Gasteiger partial charge in [0.1, 0.15) is 0 Å². The molecule has 1 aliphatic rings. The highest BCUT2D eigenvalue weighted by Crippen LogP contribution is 2.17. The van der Waals surface area contributed by atoms with Gasteiger partial charge in [-0.05, 0) is 46.2 Å². The van der Waals surface area contributed by atoms with Crippen LogP contribution in [0.15, 0.2) is 4.99 Å². The molecule has 1 fully saturated rings. The minimum Gasteiger partial charge on any atom is -0.380 e. The van der Waals surface area contributed by atoms with Crippen LogP contribution >= 0.6 is 0 Å². The zero-order valence-electron chi connectivity index (χ0n) is 14.9. The largest absolute Gasteiger partial charge is 0.380 e. The SMILES string of the molecule is CCCCN1CCCCC1CN=C(NCC)NCCOCC. The molecular formula is C17H36N4O. The highest BCUT2D eigenvalue weighted by atomic mass is 16.5. The highest BCUT2D eigenvalue weighted by molar-refractivity contribution is 5.79. The Morgan fingerprint density at radius 1 is 1.23 bits per heavy atom. The number of ether oxygens (including phenoxy) is 1. The molecule has 0 aromatic carbocycles. The van der Waals surface area contributed by atoms with Gasteiger partial charge in [-0.1, -0.05) is 19.8 Å². The van der Waals surface area contributed by atoms with Gasteiger partial charge in [0, 0.05) is 25.7 Å². The van der Waals surface area contributed by atoms with E-state index < -0.39 is 0 Å². The van der Waals surface area contributed by atoms with Gasteiger partial charge >= 0.3 is 0 Å². The molecule has 2 N–H and O–H groups in total. The van der Waals surface area contributed by atoms with Crippen LogP contribution in [0.5, 0.6) is 0 Å². The Morgan fingerprint density at radius 3 is 2.82 bits per heavy atom. The van der Waals surface area contributed by atoms with E-state index >= 15 is 0 Å². The first-order valence-electron chi connectivity index (χ1n) is 9.15. The Labute approximate surface area is 136 Å². The summed E-state index contributed by atoms with van der Waals surface area (Å²) < 4.78 is 5.36. The number of hydrogen-bond donors (Lipinski definition) is 2. The fraction of sp³-hybridized carbons (Fsp3) is 0.941. The van der Waals surface area contributed by atoms with Gasteiger partial charge in [-0.25, -0.2) is 0 Å². The van der Waals surface area contributed by atoms with Crippen molar-refractivity contribution < 1.29 is 4.74 Å². The van der Waals surface area contributed by atoms with Crippen LogP contribution in [0.3, 0.4) is 0 Å². The number of aliphatic imine (C=N–C) groups is 1. The summed E-state index contributed by atoms with van der Waals surface area (Å²) in [5.41, 5.74) is 0. The fourth-order valence-corrected chi connectivity index (χ4v) is 2.85. The lowest BCUT2D eigenvalue weighted by atomic mass is 10.0. The van der Waals surface area contributed by atoms with E-state index in [4.69, 9.17) is 9.73 Å². The fourth-order valence-electron chi connectivity index (χ4n) is 2.85. The Morgan fingerprint density at radius 2 is 2.09 bits per heavy atom. The van der Waals surface area contributed by atoms with Gasteiger partial charge in [0.15, 0.2) is 5.96 Å². The van der Waals surface area contributed by atoms with Crippen LogP contribution < -0.4 is 10.6 Å². The van der Waals surface area contributed by atoms with E-state index in [1.165, 1.54) is 45.2 Å². The summed E-state index contributed by atoms with van der Waals surface area (Å²) in [6.45, 7) is 13.0. The van der Waals surface area contributed by atoms with Crippen molar-refractivity contribution in [2.24, 2.45) is 4.99 Å². The van der Waals surface area contributed by atoms with Crippen molar-refractivity contribution in [1.82, 2.24) is 15.5 Å². The first kappa shape index (κ1) is 19.2. The van der Waals surface area contributed by atoms with Gasteiger partial charge in [-0.3, -0.25) is 9.89 Å². The zero-order valence-corrected chi connectivity index (χ0v) is 14.9. The normalized spacial score (nSPS) is 20.1. The standard InChI is InChI=1S/C17H36N4O/c1-4-7-12-21-13-9-8-10-16(21)15-20-17(18-5-2)19-11-14-22-6-3/h16H,4-15H2,1-3H3,(H2,18,19,20). The molecule has 1 heterocycles. The number of hydrogen-bond acceptors (Lipinski definition) is 3. The van der Waals surface area contributed by atoms with Crippen LogP contribution in [0.1, 0.15) is 52.9 Å². The summed E-state index contributed by atoms with van der Waals surface area (Å²) in [5, 5.41) is 6.67. The second-order valence-electron chi connectivity index (χ2n) is 5.88. The minimum absolute atomic E-state index is 0.614. The number of rotatable bonds is 10. The maximum absolute atomic E-state index is 5.36. The van der Waals surface area contributed by atoms with Crippen LogP contribution in [-0.4, -0.2) is 62.8 Å². The molecule has 5 nitrogen and oxygen atoms in total. The van der Waals surface area contributed by atoms with Crippen molar-refractivity contribution in [1.29, 1.82) is 0 Å². The van der Waals surface area contributed by atoms with Gasteiger partial charge in [0.25, 0.3) is 0 Å². The summed E-state index contributed by atoms with van der Waals surface area (Å²) in [5.74, 6) is 0.920. The topological polar surface area (TPSA) is 48.9 Å². The van der Waals surface area contributed by atoms with Crippen molar-refractivity contribution in [3.05, 3.63) is 0 Å². The molecule has 130 valence electrons. The van der Waals surface area contributed by atoms with Crippen molar-refractivity contribution in [2.75, 3.05) is 45.9 Å². The number of piperidine rings is 1. The van der Waals surface area contributed by atoms with Crippen LogP contribution in [-0.2, 0) is 4.74 Å². The molecule has 1 unspecified atom stereocenters. The molecule has 0 aliphatic carbocycles. The Balaban J connectivity index is 2.43. The quantitative estimate of drug-likeness (QED) is 0.369. The summed E-state index contributed by atoms with van der Waals surface area (Å²) in [6, 6.07) is 0.614. The molecule has 22 heavy (non-hydrogen) atoms. The lowest BCUT2D eigenvalue weighted by Gasteiger charge is -2.35. The van der Waals surface area contributed by atoms with E-state index in [0.29, 0.717) is 6.04 Å². The van der Waals surface area contributed by atoms with E-state index in [1.54, 1.807) is 0 Å². The Bertz CT molecular complexity index is 296. The minimum atomic E-state index is 0.614. The van der Waals surface area contributed by atoms with Gasteiger partial charge < -0.3 is 15.4 Å². The van der Waals surface area contributed by atoms with Gasteiger partial charge in [-0.2, -0.15) is 0 Å². The second kappa shape index (κ2) is 12.7. The van der Waals surface area contributed by atoms with Crippen molar-refractivity contribution >= 4 is 5.96 Å². The number of unbranched alkanes of at least 4 members (excludes halogenated alkanes) is 1. The van der Waals surface area contributed by atoms with E-state index in [2.05, 4.69) is 29.4 Å². The van der Waals surface area contributed by atoms with E-state index in [1.807, 2.05) is 6.92 Å². The van der Waals surface area contributed by atoms with E-state index in [0.717, 1.165) is 38.8 Å². The second-order valence-corrected chi connectivity index (χ2v) is 5.88. The van der Waals surface area contributed by atoms with Gasteiger partial charge in [-0.15, -0.1) is 0 Å². The first-order chi connectivity index (χ1) is 10.8. The number of guanidine groups is 1. The third-order valence-corrected chi connectivity index (χ3v) is 4.10. The molecule has 0 aromatic rings. The molecule has 1 rings (SSSR count). The van der Waals surface area contributed by atoms with Gasteiger partial charge in [0.2, 0.25) is 0 Å². The molecule has 1 saturated heterocycles. The molecule has 0 amide bonds. The molecular weight excluding hydrogens is 276 g/mol. The van der Waals surface area contributed by atoms with Crippen LogP contribution in [0.4, 0.5) is 0 Å². The Kier molecular flexibility index (Phi) is 11.1. The van der Waals surface area contributed by atoms with Crippen molar-refractivity contribution in [2.45, 2.75) is 58.9 Å². The molecule has 0 bridgehead atoms. The average Bonchev–Trinajstić information content (AvgIpc) is 2.55. The van der Waals surface area contributed by atoms with E-state index in [9.17, 15) is 0 Å². The molecule has 0 saturated carbocycles. The summed E-state index contributed by atoms with van der Waals surface area (Å²) in [6.07, 6.45) is 6.54. The van der Waals surface area contributed by atoms with Crippen molar-refractivity contribution in [3.8, 4) is 0 Å². The summed E-state index contributed by atoms with van der Waals surface area (Å²) in [4.78, 5) is 7.43. The maximum atomic E-state index is 5.36. The molecule has 5 heteroatoms. The maximum Gasteiger partial charge on any atom is 0.191 e. The van der Waals surface area contributed by atoms with Crippen LogP contribution in [0, 0.1) is 0 Å². The predicted octanol–water partition coefficient (Wildman–Crippen LogP) is 2.23. The Hall–Kier alpha value is -0.810. The summed E-state index contributed by atoms with van der Waals surface area (Å²) >= 11 is 0. The number of likely N-dealkylation sites (tertiary alicyclic amines) is 1. The predicted molar refractivity (Wildman–Crippen MR) is 94.6 cm³/mol. The molecule has 0 radical (unpaired) electrons. The lowest BCUT2D eigenvalue weighted by molar-refractivity contribution is 0.150. The van der Waals surface area contributed by atoms with E-state index in [-0.39, 0.29) is 0 Å². The average molecular weight is 313 g/mol.